The first-order valence-electron chi connectivity index (χ1n) is 7.46. The van der Waals surface area contributed by atoms with Crippen molar-refractivity contribution >= 4 is 29.5 Å². The summed E-state index contributed by atoms with van der Waals surface area (Å²) in [5.74, 6) is 0.260. The van der Waals surface area contributed by atoms with Gasteiger partial charge in [-0.25, -0.2) is 0 Å². The van der Waals surface area contributed by atoms with Gasteiger partial charge >= 0.3 is 5.97 Å². The van der Waals surface area contributed by atoms with E-state index in [-0.39, 0.29) is 0 Å². The Morgan fingerprint density at radius 3 is 2.74 bits per heavy atom. The largest absolute Gasteiger partial charge is 0.480 e. The molecule has 3 rings (SSSR count). The second kappa shape index (κ2) is 6.99. The van der Waals surface area contributed by atoms with Gasteiger partial charge in [-0.15, -0.1) is 23.5 Å². The number of carboxylic acid groups (broad SMARTS) is 1. The molecule has 2 aromatic rings. The van der Waals surface area contributed by atoms with E-state index in [1.54, 1.807) is 0 Å². The Morgan fingerprint density at radius 2 is 2.00 bits per heavy atom. The molecule has 0 bridgehead atoms. The van der Waals surface area contributed by atoms with Gasteiger partial charge in [-0.2, -0.15) is 0 Å². The van der Waals surface area contributed by atoms with Gasteiger partial charge in [0.25, 0.3) is 0 Å². The fraction of sp³-hybridized carbons (Fsp3) is 0.278. The third kappa shape index (κ3) is 3.57. The predicted molar refractivity (Wildman–Crippen MR) is 97.4 cm³/mol. The van der Waals surface area contributed by atoms with Gasteiger partial charge in [-0.3, -0.25) is 4.79 Å². The van der Waals surface area contributed by atoms with Crippen molar-refractivity contribution in [2.45, 2.75) is 15.0 Å². The van der Waals surface area contributed by atoms with E-state index >= 15 is 0 Å². The minimum atomic E-state index is -0.780. The summed E-state index contributed by atoms with van der Waals surface area (Å²) in [5, 5.41) is 8.98. The maximum absolute atomic E-state index is 11.6. The van der Waals surface area contributed by atoms with Crippen LogP contribution in [-0.4, -0.2) is 42.4 Å². The molecule has 0 radical (unpaired) electrons. The van der Waals surface area contributed by atoms with Gasteiger partial charge in [-0.05, 0) is 49.0 Å². The number of rotatable bonds is 5. The SMILES string of the molecule is CN(C)CCSc1ccc2c(c1)-c1ccccc1C(C(=O)O)S2. The number of thioether (sulfide) groups is 2. The van der Waals surface area contributed by atoms with Gasteiger partial charge in [0.1, 0.15) is 5.25 Å². The molecule has 2 aromatic carbocycles. The minimum Gasteiger partial charge on any atom is -0.480 e. The van der Waals surface area contributed by atoms with E-state index in [1.807, 2.05) is 36.0 Å². The molecule has 0 saturated carbocycles. The second-order valence-electron chi connectivity index (χ2n) is 5.73. The van der Waals surface area contributed by atoms with Crippen molar-refractivity contribution in [3.63, 3.8) is 0 Å². The molecule has 1 atom stereocenters. The van der Waals surface area contributed by atoms with Crippen LogP contribution < -0.4 is 0 Å². The number of hydrogen-bond donors (Lipinski definition) is 1. The highest BCUT2D eigenvalue weighted by molar-refractivity contribution is 8.00. The smallest absolute Gasteiger partial charge is 0.321 e. The van der Waals surface area contributed by atoms with E-state index in [0.717, 1.165) is 33.9 Å². The summed E-state index contributed by atoms with van der Waals surface area (Å²) >= 11 is 3.26. The Morgan fingerprint density at radius 1 is 1.22 bits per heavy atom. The molecule has 1 N–H and O–H groups in total. The predicted octanol–water partition coefficient (Wildman–Crippen LogP) is 4.24. The molecule has 3 nitrogen and oxygen atoms in total. The van der Waals surface area contributed by atoms with Crippen LogP contribution in [0.1, 0.15) is 10.8 Å². The van der Waals surface area contributed by atoms with Crippen LogP contribution in [0.4, 0.5) is 0 Å². The van der Waals surface area contributed by atoms with E-state index in [2.05, 4.69) is 37.2 Å². The first kappa shape index (κ1) is 16.4. The van der Waals surface area contributed by atoms with Crippen molar-refractivity contribution in [2.75, 3.05) is 26.4 Å². The monoisotopic (exact) mass is 345 g/mol. The Kier molecular flexibility index (Phi) is 4.99. The van der Waals surface area contributed by atoms with Crippen LogP contribution in [0.5, 0.6) is 0 Å². The lowest BCUT2D eigenvalue weighted by atomic mass is 9.97. The summed E-state index contributed by atoms with van der Waals surface area (Å²) in [6, 6.07) is 14.2. The van der Waals surface area contributed by atoms with Crippen molar-refractivity contribution in [3.8, 4) is 11.1 Å². The second-order valence-corrected chi connectivity index (χ2v) is 8.05. The summed E-state index contributed by atoms with van der Waals surface area (Å²) in [6.07, 6.45) is 0. The molecule has 0 saturated heterocycles. The van der Waals surface area contributed by atoms with Crippen molar-refractivity contribution < 1.29 is 9.90 Å². The molecule has 1 heterocycles. The summed E-state index contributed by atoms with van der Waals surface area (Å²) in [4.78, 5) is 16.0. The van der Waals surface area contributed by atoms with Gasteiger partial charge in [0.05, 0.1) is 0 Å². The van der Waals surface area contributed by atoms with Gasteiger partial charge in [0.15, 0.2) is 0 Å². The molecule has 1 aliphatic heterocycles. The average molecular weight is 345 g/mol. The van der Waals surface area contributed by atoms with E-state index in [4.69, 9.17) is 0 Å². The zero-order chi connectivity index (χ0) is 16.4. The molecular formula is C18H19NO2S2. The highest BCUT2D eigenvalue weighted by Gasteiger charge is 2.30. The number of carbonyl (C=O) groups is 1. The Bertz CT molecular complexity index is 731. The quantitative estimate of drug-likeness (QED) is 0.821. The molecule has 120 valence electrons. The number of fused-ring (bicyclic) bond motifs is 3. The molecule has 1 aliphatic rings. The number of benzene rings is 2. The lowest BCUT2D eigenvalue weighted by Crippen LogP contribution is -2.14. The fourth-order valence-electron chi connectivity index (χ4n) is 2.60. The number of carboxylic acids is 1. The van der Waals surface area contributed by atoms with Gasteiger partial charge < -0.3 is 10.0 Å². The summed E-state index contributed by atoms with van der Waals surface area (Å²) in [7, 11) is 4.15. The first-order chi connectivity index (χ1) is 11.1. The molecule has 0 aromatic heterocycles. The van der Waals surface area contributed by atoms with Crippen LogP contribution in [0.15, 0.2) is 52.3 Å². The van der Waals surface area contributed by atoms with E-state index in [0.29, 0.717) is 0 Å². The van der Waals surface area contributed by atoms with E-state index in [9.17, 15) is 9.90 Å². The van der Waals surface area contributed by atoms with Crippen molar-refractivity contribution in [2.24, 2.45) is 0 Å². The van der Waals surface area contributed by atoms with Crippen LogP contribution in [0.25, 0.3) is 11.1 Å². The standard InChI is InChI=1S/C18H19NO2S2/c1-19(2)9-10-22-12-7-8-16-15(11-12)13-5-3-4-6-14(13)17(23-16)18(20)21/h3-8,11,17H,9-10H2,1-2H3,(H,20,21). The average Bonchev–Trinajstić information content (AvgIpc) is 2.53. The van der Waals surface area contributed by atoms with Crippen molar-refractivity contribution in [3.05, 3.63) is 48.0 Å². The first-order valence-corrected chi connectivity index (χ1v) is 9.33. The summed E-state index contributed by atoms with van der Waals surface area (Å²) in [6.45, 7) is 1.04. The zero-order valence-electron chi connectivity index (χ0n) is 13.2. The van der Waals surface area contributed by atoms with Gasteiger partial charge in [-0.1, -0.05) is 24.3 Å². The molecule has 1 unspecified atom stereocenters. The van der Waals surface area contributed by atoms with Crippen LogP contribution in [0.3, 0.4) is 0 Å². The van der Waals surface area contributed by atoms with Crippen LogP contribution >= 0.6 is 23.5 Å². The lowest BCUT2D eigenvalue weighted by molar-refractivity contribution is -0.136. The molecule has 0 amide bonds. The van der Waals surface area contributed by atoms with Crippen molar-refractivity contribution in [1.29, 1.82) is 0 Å². The van der Waals surface area contributed by atoms with Gasteiger partial charge in [0, 0.05) is 22.1 Å². The summed E-state index contributed by atoms with van der Waals surface area (Å²) < 4.78 is 0. The highest BCUT2D eigenvalue weighted by Crippen LogP contribution is 2.49. The Hall–Kier alpha value is -1.43. The Balaban J connectivity index is 1.93. The molecule has 23 heavy (non-hydrogen) atoms. The zero-order valence-corrected chi connectivity index (χ0v) is 14.8. The summed E-state index contributed by atoms with van der Waals surface area (Å²) in [5.41, 5.74) is 3.09. The van der Waals surface area contributed by atoms with Crippen LogP contribution in [0.2, 0.25) is 0 Å². The van der Waals surface area contributed by atoms with E-state index in [1.165, 1.54) is 16.7 Å². The Labute approximate surface area is 145 Å². The molecule has 0 aliphatic carbocycles. The van der Waals surface area contributed by atoms with Crippen molar-refractivity contribution in [1.82, 2.24) is 4.90 Å². The third-order valence-corrected chi connectivity index (χ3v) is 6.04. The topological polar surface area (TPSA) is 40.5 Å². The number of hydrogen-bond acceptors (Lipinski definition) is 4. The highest BCUT2D eigenvalue weighted by atomic mass is 32.2. The van der Waals surface area contributed by atoms with Crippen LogP contribution in [-0.2, 0) is 4.79 Å². The molecule has 5 heteroatoms. The molecular weight excluding hydrogens is 326 g/mol. The van der Waals surface area contributed by atoms with E-state index < -0.39 is 11.2 Å². The number of nitrogens with zero attached hydrogens (tertiary/aromatic N) is 1. The molecule has 0 fully saturated rings. The number of aliphatic carboxylic acids is 1. The molecule has 0 spiro atoms. The minimum absolute atomic E-state index is 0.522. The fourth-order valence-corrected chi connectivity index (χ4v) is 4.79. The third-order valence-electron chi connectivity index (χ3n) is 3.76. The van der Waals surface area contributed by atoms with Gasteiger partial charge in [0.2, 0.25) is 0 Å². The normalized spacial score (nSPS) is 16.0. The van der Waals surface area contributed by atoms with Crippen LogP contribution in [0, 0.1) is 0 Å². The maximum Gasteiger partial charge on any atom is 0.321 e. The maximum atomic E-state index is 11.6. The lowest BCUT2D eigenvalue weighted by Gasteiger charge is -2.25.